The minimum atomic E-state index is 0.456. The van der Waals surface area contributed by atoms with Crippen molar-refractivity contribution in [3.8, 4) is 11.8 Å². The van der Waals surface area contributed by atoms with Crippen LogP contribution in [0.15, 0.2) is 53.7 Å². The molecular formula is C14H13N3O. The third-order valence-corrected chi connectivity index (χ3v) is 2.47. The lowest BCUT2D eigenvalue weighted by molar-refractivity contribution is 0.363. The van der Waals surface area contributed by atoms with Crippen LogP contribution in [-0.4, -0.2) is 19.5 Å². The van der Waals surface area contributed by atoms with E-state index in [0.717, 1.165) is 11.4 Å². The Morgan fingerprint density at radius 3 is 2.78 bits per heavy atom. The Balaban J connectivity index is 2.03. The summed E-state index contributed by atoms with van der Waals surface area (Å²) in [6, 6.07) is 9.72. The standard InChI is InChI=1S/C14H13N3O/c1-2-9-18-14-5-3-13(4-6-14)17-8-7-12(10-15)16-11-17/h2-7,11H,1,8-9H2. The van der Waals surface area contributed by atoms with E-state index in [1.165, 1.54) is 0 Å². The Labute approximate surface area is 106 Å². The van der Waals surface area contributed by atoms with Crippen molar-refractivity contribution in [2.75, 3.05) is 18.1 Å². The molecule has 0 aliphatic carbocycles. The molecule has 0 saturated heterocycles. The zero-order valence-corrected chi connectivity index (χ0v) is 9.91. The van der Waals surface area contributed by atoms with Crippen LogP contribution in [0.25, 0.3) is 0 Å². The van der Waals surface area contributed by atoms with Crippen molar-refractivity contribution >= 4 is 12.0 Å². The SMILES string of the molecule is C=CCOc1ccc(N2C=NC(C#N)=CC2)cc1. The quantitative estimate of drug-likeness (QED) is 0.758. The number of hydrogen-bond donors (Lipinski definition) is 0. The van der Waals surface area contributed by atoms with Gasteiger partial charge < -0.3 is 9.64 Å². The van der Waals surface area contributed by atoms with E-state index in [4.69, 9.17) is 10.00 Å². The first-order valence-electron chi connectivity index (χ1n) is 5.58. The van der Waals surface area contributed by atoms with Crippen LogP contribution in [0.3, 0.4) is 0 Å². The molecule has 1 aromatic carbocycles. The van der Waals surface area contributed by atoms with Crippen molar-refractivity contribution in [3.63, 3.8) is 0 Å². The van der Waals surface area contributed by atoms with Gasteiger partial charge in [-0.05, 0) is 30.3 Å². The monoisotopic (exact) mass is 239 g/mol. The number of benzene rings is 1. The van der Waals surface area contributed by atoms with Gasteiger partial charge in [-0.25, -0.2) is 4.99 Å². The highest BCUT2D eigenvalue weighted by Gasteiger charge is 2.07. The minimum absolute atomic E-state index is 0.456. The fourth-order valence-electron chi connectivity index (χ4n) is 1.55. The number of ether oxygens (including phenoxy) is 1. The first-order chi connectivity index (χ1) is 8.83. The van der Waals surface area contributed by atoms with E-state index < -0.39 is 0 Å². The van der Waals surface area contributed by atoms with E-state index in [9.17, 15) is 0 Å². The summed E-state index contributed by atoms with van der Waals surface area (Å²) in [7, 11) is 0. The molecule has 0 atom stereocenters. The highest BCUT2D eigenvalue weighted by atomic mass is 16.5. The van der Waals surface area contributed by atoms with Crippen molar-refractivity contribution < 1.29 is 4.74 Å². The third kappa shape index (κ3) is 2.77. The van der Waals surface area contributed by atoms with Crippen LogP contribution >= 0.6 is 0 Å². The second-order valence-electron chi connectivity index (χ2n) is 3.69. The van der Waals surface area contributed by atoms with Crippen LogP contribution < -0.4 is 9.64 Å². The van der Waals surface area contributed by atoms with Gasteiger partial charge in [-0.1, -0.05) is 12.7 Å². The molecule has 0 radical (unpaired) electrons. The molecule has 18 heavy (non-hydrogen) atoms. The van der Waals surface area contributed by atoms with Crippen LogP contribution in [-0.2, 0) is 0 Å². The lowest BCUT2D eigenvalue weighted by atomic mass is 10.2. The molecule has 0 bridgehead atoms. The molecule has 1 aliphatic heterocycles. The Kier molecular flexibility index (Phi) is 3.77. The maximum Gasteiger partial charge on any atom is 0.140 e. The van der Waals surface area contributed by atoms with E-state index in [1.54, 1.807) is 18.5 Å². The Hall–Kier alpha value is -2.54. The van der Waals surface area contributed by atoms with Crippen molar-refractivity contribution in [2.45, 2.75) is 0 Å². The zero-order valence-electron chi connectivity index (χ0n) is 9.91. The van der Waals surface area contributed by atoms with Crippen LogP contribution in [0, 0.1) is 11.3 Å². The van der Waals surface area contributed by atoms with Crippen molar-refractivity contribution in [1.29, 1.82) is 5.26 Å². The van der Waals surface area contributed by atoms with Crippen LogP contribution in [0.5, 0.6) is 5.75 Å². The average Bonchev–Trinajstić information content (AvgIpc) is 2.46. The summed E-state index contributed by atoms with van der Waals surface area (Å²) in [5.74, 6) is 0.806. The molecule has 1 aromatic rings. The molecular weight excluding hydrogens is 226 g/mol. The predicted octanol–water partition coefficient (Wildman–Crippen LogP) is 2.51. The number of anilines is 1. The third-order valence-electron chi connectivity index (χ3n) is 2.47. The number of nitriles is 1. The number of aliphatic imine (C=N–C) groups is 1. The summed E-state index contributed by atoms with van der Waals surface area (Å²) in [4.78, 5) is 5.99. The molecule has 0 N–H and O–H groups in total. The molecule has 0 saturated carbocycles. The van der Waals surface area contributed by atoms with E-state index in [2.05, 4.69) is 11.6 Å². The lowest BCUT2D eigenvalue weighted by Gasteiger charge is -2.20. The van der Waals surface area contributed by atoms with Gasteiger partial charge in [0.1, 0.15) is 24.1 Å². The van der Waals surface area contributed by atoms with Crippen molar-refractivity contribution in [2.24, 2.45) is 4.99 Å². The molecule has 1 aliphatic rings. The van der Waals surface area contributed by atoms with Gasteiger partial charge in [-0.3, -0.25) is 0 Å². The van der Waals surface area contributed by atoms with Gasteiger partial charge in [0.2, 0.25) is 0 Å². The molecule has 0 spiro atoms. The maximum atomic E-state index is 8.69. The van der Waals surface area contributed by atoms with Crippen LogP contribution in [0.2, 0.25) is 0 Å². The summed E-state index contributed by atoms with van der Waals surface area (Å²) in [5, 5.41) is 8.69. The maximum absolute atomic E-state index is 8.69. The Bertz CT molecular complexity index is 523. The fourth-order valence-corrected chi connectivity index (χ4v) is 1.55. The summed E-state index contributed by atoms with van der Waals surface area (Å²) >= 11 is 0. The number of rotatable bonds is 4. The van der Waals surface area contributed by atoms with Gasteiger partial charge in [-0.15, -0.1) is 0 Å². The Morgan fingerprint density at radius 2 is 2.22 bits per heavy atom. The minimum Gasteiger partial charge on any atom is -0.490 e. The molecule has 4 heteroatoms. The lowest BCUT2D eigenvalue weighted by Crippen LogP contribution is -2.23. The summed E-state index contributed by atoms with van der Waals surface area (Å²) in [6.45, 7) is 4.75. The summed E-state index contributed by atoms with van der Waals surface area (Å²) in [5.41, 5.74) is 1.47. The normalized spacial score (nSPS) is 13.7. The highest BCUT2D eigenvalue weighted by Crippen LogP contribution is 2.20. The molecule has 0 amide bonds. The topological polar surface area (TPSA) is 48.6 Å². The fraction of sp³-hybridized carbons (Fsp3) is 0.143. The van der Waals surface area contributed by atoms with Gasteiger partial charge in [-0.2, -0.15) is 5.26 Å². The molecule has 1 heterocycles. The van der Waals surface area contributed by atoms with Crippen LogP contribution in [0.4, 0.5) is 5.69 Å². The second-order valence-corrected chi connectivity index (χ2v) is 3.69. The molecule has 90 valence electrons. The van der Waals surface area contributed by atoms with Gasteiger partial charge >= 0.3 is 0 Å². The summed E-state index contributed by atoms with van der Waals surface area (Å²) < 4.78 is 5.41. The van der Waals surface area contributed by atoms with Gasteiger partial charge in [0.05, 0.1) is 6.34 Å². The zero-order chi connectivity index (χ0) is 12.8. The molecule has 4 nitrogen and oxygen atoms in total. The molecule has 0 aromatic heterocycles. The smallest absolute Gasteiger partial charge is 0.140 e. The van der Waals surface area contributed by atoms with Gasteiger partial charge in [0, 0.05) is 12.2 Å². The highest BCUT2D eigenvalue weighted by molar-refractivity contribution is 5.81. The molecule has 0 unspecified atom stereocenters. The number of hydrogen-bond acceptors (Lipinski definition) is 4. The van der Waals surface area contributed by atoms with Gasteiger partial charge in [0.15, 0.2) is 0 Å². The van der Waals surface area contributed by atoms with E-state index >= 15 is 0 Å². The van der Waals surface area contributed by atoms with E-state index in [0.29, 0.717) is 18.8 Å². The average molecular weight is 239 g/mol. The largest absolute Gasteiger partial charge is 0.490 e. The Morgan fingerprint density at radius 1 is 1.44 bits per heavy atom. The number of allylic oxidation sites excluding steroid dienone is 1. The first kappa shape index (κ1) is 11.9. The van der Waals surface area contributed by atoms with E-state index in [-0.39, 0.29) is 0 Å². The van der Waals surface area contributed by atoms with Crippen molar-refractivity contribution in [1.82, 2.24) is 0 Å². The summed E-state index contributed by atoms with van der Waals surface area (Å²) in [6.07, 6.45) is 5.17. The van der Waals surface area contributed by atoms with Crippen LogP contribution in [0.1, 0.15) is 0 Å². The van der Waals surface area contributed by atoms with Crippen molar-refractivity contribution in [3.05, 3.63) is 48.7 Å². The predicted molar refractivity (Wildman–Crippen MR) is 71.7 cm³/mol. The number of nitrogens with zero attached hydrogens (tertiary/aromatic N) is 3. The molecule has 2 rings (SSSR count). The first-order valence-corrected chi connectivity index (χ1v) is 5.58. The van der Waals surface area contributed by atoms with E-state index in [1.807, 2.05) is 35.2 Å². The second kappa shape index (κ2) is 5.69. The van der Waals surface area contributed by atoms with Gasteiger partial charge in [0.25, 0.3) is 0 Å². The molecule has 0 fully saturated rings.